The molecule has 0 amide bonds. The number of hydrogen-bond acceptors (Lipinski definition) is 5. The summed E-state index contributed by atoms with van der Waals surface area (Å²) in [4.78, 5) is 1.88. The van der Waals surface area contributed by atoms with E-state index in [0.29, 0.717) is 23.8 Å². The van der Waals surface area contributed by atoms with Crippen LogP contribution in [-0.4, -0.2) is 41.6 Å². The van der Waals surface area contributed by atoms with E-state index in [9.17, 15) is 5.11 Å². The largest absolute Gasteiger partial charge is 0.491 e. The SMILES string of the molecule is CC(C)c1cc(N(C)CC(O)COc2ccc(C#N)cc2)n[nH]1. The summed E-state index contributed by atoms with van der Waals surface area (Å²) in [6.07, 6.45) is -0.644. The van der Waals surface area contributed by atoms with Crippen LogP contribution in [0.25, 0.3) is 0 Å². The Balaban J connectivity index is 1.83. The number of aromatic nitrogens is 2. The first-order valence-electron chi connectivity index (χ1n) is 7.57. The number of nitrogens with one attached hydrogen (secondary N) is 1. The van der Waals surface area contributed by atoms with Gasteiger partial charge in [0.1, 0.15) is 24.3 Å². The first-order valence-corrected chi connectivity index (χ1v) is 7.57. The Labute approximate surface area is 136 Å². The van der Waals surface area contributed by atoms with Crippen LogP contribution in [0.15, 0.2) is 30.3 Å². The van der Waals surface area contributed by atoms with Crippen molar-refractivity contribution in [3.63, 3.8) is 0 Å². The normalized spacial score (nSPS) is 12.0. The molecule has 0 fully saturated rings. The van der Waals surface area contributed by atoms with Crippen LogP contribution in [-0.2, 0) is 0 Å². The molecule has 1 aromatic heterocycles. The van der Waals surface area contributed by atoms with Gasteiger partial charge >= 0.3 is 0 Å². The molecule has 2 rings (SSSR count). The molecule has 122 valence electrons. The molecule has 0 bridgehead atoms. The number of likely N-dealkylation sites (N-methyl/N-ethyl adjacent to an activating group) is 1. The summed E-state index contributed by atoms with van der Waals surface area (Å²) in [7, 11) is 1.88. The number of H-pyrrole nitrogens is 1. The van der Waals surface area contributed by atoms with E-state index in [0.717, 1.165) is 11.5 Å². The lowest BCUT2D eigenvalue weighted by Crippen LogP contribution is -2.33. The second kappa shape index (κ2) is 7.65. The zero-order valence-electron chi connectivity index (χ0n) is 13.7. The Bertz CT molecular complexity index is 658. The van der Waals surface area contributed by atoms with Crippen molar-refractivity contribution in [2.24, 2.45) is 0 Å². The number of hydrogen-bond donors (Lipinski definition) is 2. The van der Waals surface area contributed by atoms with Crippen molar-refractivity contribution < 1.29 is 9.84 Å². The number of aromatic amines is 1. The maximum absolute atomic E-state index is 10.1. The molecule has 0 radical (unpaired) electrons. The lowest BCUT2D eigenvalue weighted by Gasteiger charge is -2.20. The van der Waals surface area contributed by atoms with E-state index in [1.807, 2.05) is 18.0 Å². The van der Waals surface area contributed by atoms with E-state index in [-0.39, 0.29) is 6.61 Å². The maximum atomic E-state index is 10.1. The monoisotopic (exact) mass is 314 g/mol. The quantitative estimate of drug-likeness (QED) is 0.819. The molecule has 0 spiro atoms. The van der Waals surface area contributed by atoms with Crippen LogP contribution >= 0.6 is 0 Å². The van der Waals surface area contributed by atoms with Crippen molar-refractivity contribution in [2.45, 2.75) is 25.9 Å². The van der Waals surface area contributed by atoms with Gasteiger partial charge in [0, 0.05) is 25.4 Å². The molecule has 0 saturated heterocycles. The number of benzene rings is 1. The molecule has 0 aliphatic rings. The van der Waals surface area contributed by atoms with Gasteiger partial charge < -0.3 is 14.7 Å². The summed E-state index contributed by atoms with van der Waals surface area (Å²) in [5.41, 5.74) is 1.65. The summed E-state index contributed by atoms with van der Waals surface area (Å²) in [5.74, 6) is 1.81. The van der Waals surface area contributed by atoms with Gasteiger partial charge in [-0.1, -0.05) is 13.8 Å². The maximum Gasteiger partial charge on any atom is 0.150 e. The third-order valence-electron chi connectivity index (χ3n) is 3.51. The fraction of sp³-hybridized carbons (Fsp3) is 0.412. The summed E-state index contributed by atoms with van der Waals surface area (Å²) in [6.45, 7) is 4.78. The minimum absolute atomic E-state index is 0.178. The van der Waals surface area contributed by atoms with Crippen LogP contribution in [0.4, 0.5) is 5.82 Å². The molecule has 1 heterocycles. The number of anilines is 1. The van der Waals surface area contributed by atoms with Crippen molar-refractivity contribution >= 4 is 5.82 Å². The summed E-state index contributed by atoms with van der Waals surface area (Å²) < 4.78 is 5.53. The first kappa shape index (κ1) is 16.8. The van der Waals surface area contributed by atoms with Gasteiger partial charge in [-0.3, -0.25) is 5.10 Å². The van der Waals surface area contributed by atoms with Gasteiger partial charge in [-0.25, -0.2) is 0 Å². The van der Waals surface area contributed by atoms with E-state index >= 15 is 0 Å². The molecule has 0 aliphatic heterocycles. The summed E-state index contributed by atoms with van der Waals surface area (Å²) in [5, 5.41) is 26.1. The second-order valence-corrected chi connectivity index (χ2v) is 5.82. The van der Waals surface area contributed by atoms with E-state index < -0.39 is 6.10 Å². The first-order chi connectivity index (χ1) is 11.0. The van der Waals surface area contributed by atoms with Gasteiger partial charge in [-0.05, 0) is 30.2 Å². The van der Waals surface area contributed by atoms with Crippen molar-refractivity contribution in [3.05, 3.63) is 41.6 Å². The Morgan fingerprint density at radius 1 is 1.35 bits per heavy atom. The van der Waals surface area contributed by atoms with Gasteiger partial charge in [0.2, 0.25) is 0 Å². The molecule has 2 N–H and O–H groups in total. The number of nitrogens with zero attached hydrogens (tertiary/aromatic N) is 3. The van der Waals surface area contributed by atoms with Crippen LogP contribution < -0.4 is 9.64 Å². The average Bonchev–Trinajstić information content (AvgIpc) is 3.04. The number of rotatable bonds is 7. The van der Waals surface area contributed by atoms with Crippen LogP contribution in [0.3, 0.4) is 0 Å². The molecule has 2 aromatic rings. The van der Waals surface area contributed by atoms with Gasteiger partial charge in [-0.2, -0.15) is 10.4 Å². The van der Waals surface area contributed by atoms with Crippen LogP contribution in [0.2, 0.25) is 0 Å². The van der Waals surface area contributed by atoms with Crippen molar-refractivity contribution in [3.8, 4) is 11.8 Å². The van der Waals surface area contributed by atoms with E-state index in [1.165, 1.54) is 0 Å². The van der Waals surface area contributed by atoms with E-state index in [4.69, 9.17) is 10.00 Å². The molecule has 1 unspecified atom stereocenters. The fourth-order valence-electron chi connectivity index (χ4n) is 2.10. The van der Waals surface area contributed by atoms with Crippen molar-refractivity contribution in [1.29, 1.82) is 5.26 Å². The lowest BCUT2D eigenvalue weighted by atomic mass is 10.1. The molecule has 6 nitrogen and oxygen atoms in total. The molecule has 6 heteroatoms. The Kier molecular flexibility index (Phi) is 5.61. The lowest BCUT2D eigenvalue weighted by molar-refractivity contribution is 0.113. The number of aliphatic hydroxyl groups is 1. The highest BCUT2D eigenvalue weighted by atomic mass is 16.5. The highest BCUT2D eigenvalue weighted by Crippen LogP contribution is 2.17. The van der Waals surface area contributed by atoms with Gasteiger partial charge in [0.25, 0.3) is 0 Å². The third-order valence-corrected chi connectivity index (χ3v) is 3.51. The van der Waals surface area contributed by atoms with Gasteiger partial charge in [-0.15, -0.1) is 0 Å². The topological polar surface area (TPSA) is 85.2 Å². The van der Waals surface area contributed by atoms with Crippen LogP contribution in [0.5, 0.6) is 5.75 Å². The fourth-order valence-corrected chi connectivity index (χ4v) is 2.10. The standard InChI is InChI=1S/C17H22N4O2/c1-12(2)16-8-17(20-19-16)21(3)10-14(22)11-23-15-6-4-13(9-18)5-7-15/h4-8,12,14,22H,10-11H2,1-3H3,(H,19,20). The Morgan fingerprint density at radius 3 is 2.61 bits per heavy atom. The van der Waals surface area contributed by atoms with E-state index in [2.05, 4.69) is 30.1 Å². The molecule has 1 aromatic carbocycles. The highest BCUT2D eigenvalue weighted by Gasteiger charge is 2.13. The van der Waals surface area contributed by atoms with Crippen LogP contribution in [0, 0.1) is 11.3 Å². The highest BCUT2D eigenvalue weighted by molar-refractivity contribution is 5.39. The predicted octanol–water partition coefficient (Wildman–Crippen LogP) is 2.28. The average molecular weight is 314 g/mol. The number of ether oxygens (including phenoxy) is 1. The summed E-state index contributed by atoms with van der Waals surface area (Å²) >= 11 is 0. The number of nitriles is 1. The molecular formula is C17H22N4O2. The Morgan fingerprint density at radius 2 is 2.04 bits per heavy atom. The number of aliphatic hydroxyl groups excluding tert-OH is 1. The van der Waals surface area contributed by atoms with E-state index in [1.54, 1.807) is 24.3 Å². The molecule has 0 aliphatic carbocycles. The second-order valence-electron chi connectivity index (χ2n) is 5.82. The molecule has 23 heavy (non-hydrogen) atoms. The summed E-state index contributed by atoms with van der Waals surface area (Å²) in [6, 6.07) is 10.8. The van der Waals surface area contributed by atoms with Crippen LogP contribution in [0.1, 0.15) is 31.0 Å². The third kappa shape index (κ3) is 4.73. The molecule has 0 saturated carbocycles. The zero-order valence-corrected chi connectivity index (χ0v) is 13.7. The van der Waals surface area contributed by atoms with Gasteiger partial charge in [0.15, 0.2) is 0 Å². The molecular weight excluding hydrogens is 292 g/mol. The zero-order chi connectivity index (χ0) is 16.8. The minimum Gasteiger partial charge on any atom is -0.491 e. The Hall–Kier alpha value is -2.52. The van der Waals surface area contributed by atoms with Gasteiger partial charge in [0.05, 0.1) is 11.6 Å². The predicted molar refractivity (Wildman–Crippen MR) is 88.6 cm³/mol. The minimum atomic E-state index is -0.644. The van der Waals surface area contributed by atoms with Crippen molar-refractivity contribution in [1.82, 2.24) is 10.2 Å². The smallest absolute Gasteiger partial charge is 0.150 e. The van der Waals surface area contributed by atoms with Crippen molar-refractivity contribution in [2.75, 3.05) is 25.1 Å². The molecule has 1 atom stereocenters.